The average molecular weight is 347 g/mol. The molecule has 0 unspecified atom stereocenters. The largest absolute Gasteiger partial charge is 0.468 e. The molecule has 0 bridgehead atoms. The highest BCUT2D eigenvalue weighted by Crippen LogP contribution is 2.23. The number of esters is 1. The molecule has 0 fully saturated rings. The summed E-state index contributed by atoms with van der Waals surface area (Å²) >= 11 is 0. The first-order valence-corrected chi connectivity index (χ1v) is 8.20. The van der Waals surface area contributed by atoms with Crippen molar-refractivity contribution >= 4 is 17.9 Å². The van der Waals surface area contributed by atoms with Crippen molar-refractivity contribution < 1.29 is 19.1 Å². The highest BCUT2D eigenvalue weighted by molar-refractivity contribution is 5.95. The minimum atomic E-state index is -0.551. The molecular formula is C18H25N3O4. The fourth-order valence-corrected chi connectivity index (χ4v) is 2.83. The third-order valence-electron chi connectivity index (χ3n) is 3.91. The molecule has 0 aromatic heterocycles. The maximum atomic E-state index is 12.2. The Morgan fingerprint density at radius 2 is 1.84 bits per heavy atom. The molecule has 25 heavy (non-hydrogen) atoms. The summed E-state index contributed by atoms with van der Waals surface area (Å²) in [6.45, 7) is 5.86. The van der Waals surface area contributed by atoms with Crippen LogP contribution in [-0.2, 0) is 27.3 Å². The second kappa shape index (κ2) is 7.65. The van der Waals surface area contributed by atoms with Gasteiger partial charge in [-0.1, -0.05) is 24.3 Å². The Morgan fingerprint density at radius 3 is 2.44 bits per heavy atom. The summed E-state index contributed by atoms with van der Waals surface area (Å²) < 4.78 is 4.87. The zero-order chi connectivity index (χ0) is 18.6. The van der Waals surface area contributed by atoms with Crippen LogP contribution in [0.15, 0.2) is 24.3 Å². The fourth-order valence-electron chi connectivity index (χ4n) is 2.83. The third kappa shape index (κ3) is 5.29. The predicted molar refractivity (Wildman–Crippen MR) is 92.8 cm³/mol. The van der Waals surface area contributed by atoms with Gasteiger partial charge in [-0.25, -0.2) is 4.79 Å². The van der Waals surface area contributed by atoms with Crippen molar-refractivity contribution in [1.29, 1.82) is 0 Å². The number of ether oxygens (including phenoxy) is 1. The number of carbonyl (C=O) groups is 3. The molecule has 0 saturated carbocycles. The number of benzene rings is 1. The van der Waals surface area contributed by atoms with Crippen molar-refractivity contribution in [3.8, 4) is 0 Å². The molecule has 1 heterocycles. The van der Waals surface area contributed by atoms with Gasteiger partial charge < -0.3 is 10.1 Å². The van der Waals surface area contributed by atoms with E-state index >= 15 is 0 Å². The van der Waals surface area contributed by atoms with Crippen molar-refractivity contribution in [2.24, 2.45) is 0 Å². The van der Waals surface area contributed by atoms with Gasteiger partial charge in [-0.2, -0.15) is 0 Å². The maximum absolute atomic E-state index is 12.2. The molecule has 1 atom stereocenters. The first kappa shape index (κ1) is 18.9. The van der Waals surface area contributed by atoms with Crippen molar-refractivity contribution in [3.63, 3.8) is 0 Å². The SMILES string of the molecule is COC(=O)[C@@H]1Cc2ccccc2CN1CC(=O)NC(=O)NC(C)(C)C. The van der Waals surface area contributed by atoms with Crippen LogP contribution in [0.3, 0.4) is 0 Å². The zero-order valence-corrected chi connectivity index (χ0v) is 15.1. The van der Waals surface area contributed by atoms with Crippen molar-refractivity contribution in [1.82, 2.24) is 15.5 Å². The van der Waals surface area contributed by atoms with Crippen LogP contribution in [0.2, 0.25) is 0 Å². The molecule has 7 nitrogen and oxygen atoms in total. The molecular weight excluding hydrogens is 322 g/mol. The molecule has 0 aliphatic carbocycles. The van der Waals surface area contributed by atoms with Gasteiger partial charge in [0.1, 0.15) is 6.04 Å². The van der Waals surface area contributed by atoms with E-state index in [0.717, 1.165) is 11.1 Å². The van der Waals surface area contributed by atoms with E-state index in [1.165, 1.54) is 7.11 Å². The van der Waals surface area contributed by atoms with Crippen LogP contribution >= 0.6 is 0 Å². The van der Waals surface area contributed by atoms with E-state index in [2.05, 4.69) is 10.6 Å². The maximum Gasteiger partial charge on any atom is 0.323 e. The molecule has 136 valence electrons. The highest BCUT2D eigenvalue weighted by atomic mass is 16.5. The Balaban J connectivity index is 2.06. The Kier molecular flexibility index (Phi) is 5.79. The first-order chi connectivity index (χ1) is 11.7. The summed E-state index contributed by atoms with van der Waals surface area (Å²) in [5.41, 5.74) is 1.69. The first-order valence-electron chi connectivity index (χ1n) is 8.20. The van der Waals surface area contributed by atoms with Crippen molar-refractivity contribution in [3.05, 3.63) is 35.4 Å². The van der Waals surface area contributed by atoms with E-state index in [4.69, 9.17) is 4.74 Å². The Labute approximate surface area is 147 Å². The van der Waals surface area contributed by atoms with E-state index < -0.39 is 23.5 Å². The lowest BCUT2D eigenvalue weighted by molar-refractivity contribution is -0.148. The number of rotatable bonds is 3. The average Bonchev–Trinajstić information content (AvgIpc) is 2.51. The number of carbonyl (C=O) groups excluding carboxylic acids is 3. The topological polar surface area (TPSA) is 87.7 Å². The zero-order valence-electron chi connectivity index (χ0n) is 15.1. The molecule has 2 rings (SSSR count). The summed E-state index contributed by atoms with van der Waals surface area (Å²) in [7, 11) is 1.33. The molecule has 1 aliphatic heterocycles. The number of fused-ring (bicyclic) bond motifs is 1. The van der Waals surface area contributed by atoms with Crippen molar-refractivity contribution in [2.75, 3.05) is 13.7 Å². The third-order valence-corrected chi connectivity index (χ3v) is 3.91. The van der Waals surface area contributed by atoms with E-state index in [1.807, 2.05) is 45.0 Å². The van der Waals surface area contributed by atoms with Gasteiger partial charge >= 0.3 is 12.0 Å². The van der Waals surface area contributed by atoms with Gasteiger partial charge in [0, 0.05) is 12.1 Å². The molecule has 7 heteroatoms. The van der Waals surface area contributed by atoms with Crippen LogP contribution < -0.4 is 10.6 Å². The van der Waals surface area contributed by atoms with Gasteiger partial charge in [0.15, 0.2) is 0 Å². The lowest BCUT2D eigenvalue weighted by Gasteiger charge is -2.34. The lowest BCUT2D eigenvalue weighted by Crippen LogP contribution is -2.53. The Hall–Kier alpha value is -2.41. The number of amides is 3. The van der Waals surface area contributed by atoms with Crippen LogP contribution in [0, 0.1) is 0 Å². The minimum absolute atomic E-state index is 0.0638. The van der Waals surface area contributed by atoms with Gasteiger partial charge in [-0.3, -0.25) is 19.8 Å². The number of hydrogen-bond acceptors (Lipinski definition) is 5. The van der Waals surface area contributed by atoms with Gasteiger partial charge in [0.05, 0.1) is 13.7 Å². The van der Waals surface area contributed by atoms with E-state index in [0.29, 0.717) is 13.0 Å². The standard InChI is InChI=1S/C18H25N3O4/c1-18(2,3)20-17(24)19-15(22)11-21-10-13-8-6-5-7-12(13)9-14(21)16(23)25-4/h5-8,14H,9-11H2,1-4H3,(H2,19,20,22,24)/t14-/m0/s1. The predicted octanol–water partition coefficient (Wildman–Crippen LogP) is 1.21. The number of urea groups is 1. The van der Waals surface area contributed by atoms with Crippen LogP contribution in [0.5, 0.6) is 0 Å². The molecule has 0 radical (unpaired) electrons. The van der Waals surface area contributed by atoms with Gasteiger partial charge in [0.2, 0.25) is 5.91 Å². The van der Waals surface area contributed by atoms with Gasteiger partial charge in [-0.05, 0) is 38.3 Å². The van der Waals surface area contributed by atoms with E-state index in [-0.39, 0.29) is 12.5 Å². The van der Waals surface area contributed by atoms with E-state index in [9.17, 15) is 14.4 Å². The monoisotopic (exact) mass is 347 g/mol. The van der Waals surface area contributed by atoms with Crippen LogP contribution in [0.1, 0.15) is 31.9 Å². The number of imide groups is 1. The molecule has 0 spiro atoms. The molecule has 2 N–H and O–H groups in total. The number of hydrogen-bond donors (Lipinski definition) is 2. The van der Waals surface area contributed by atoms with Crippen molar-refractivity contribution in [2.45, 2.75) is 45.3 Å². The van der Waals surface area contributed by atoms with E-state index in [1.54, 1.807) is 4.90 Å². The molecule has 0 saturated heterocycles. The second-order valence-electron chi connectivity index (χ2n) is 7.17. The van der Waals surface area contributed by atoms with Crippen LogP contribution in [0.4, 0.5) is 4.79 Å². The minimum Gasteiger partial charge on any atom is -0.468 e. The normalized spacial score (nSPS) is 17.4. The summed E-state index contributed by atoms with van der Waals surface area (Å²) in [6.07, 6.45) is 0.477. The molecule has 1 aliphatic rings. The van der Waals surface area contributed by atoms with Crippen LogP contribution in [-0.4, -0.2) is 48.0 Å². The van der Waals surface area contributed by atoms with Gasteiger partial charge in [-0.15, -0.1) is 0 Å². The summed E-state index contributed by atoms with van der Waals surface area (Å²) in [5, 5.41) is 4.97. The molecule has 1 aromatic carbocycles. The number of methoxy groups -OCH3 is 1. The quantitative estimate of drug-likeness (QED) is 0.803. The highest BCUT2D eigenvalue weighted by Gasteiger charge is 2.33. The Bertz CT molecular complexity index is 667. The summed E-state index contributed by atoms with van der Waals surface area (Å²) in [4.78, 5) is 37.9. The summed E-state index contributed by atoms with van der Waals surface area (Å²) in [6, 6.07) is 6.69. The second-order valence-corrected chi connectivity index (χ2v) is 7.17. The fraction of sp³-hybridized carbons (Fsp3) is 0.500. The summed E-state index contributed by atoms with van der Waals surface area (Å²) in [5.74, 6) is -0.850. The molecule has 1 aromatic rings. The number of nitrogens with zero attached hydrogens (tertiary/aromatic N) is 1. The lowest BCUT2D eigenvalue weighted by atomic mass is 9.94. The van der Waals surface area contributed by atoms with Crippen LogP contribution in [0.25, 0.3) is 0 Å². The molecule has 3 amide bonds. The number of nitrogens with one attached hydrogen (secondary N) is 2. The Morgan fingerprint density at radius 1 is 1.20 bits per heavy atom. The smallest absolute Gasteiger partial charge is 0.323 e. The van der Waals surface area contributed by atoms with Gasteiger partial charge in [0.25, 0.3) is 0 Å².